The lowest BCUT2D eigenvalue weighted by Gasteiger charge is -2.09. The first-order valence-electron chi connectivity index (χ1n) is 5.11. The van der Waals surface area contributed by atoms with Crippen molar-refractivity contribution < 1.29 is 15.1 Å². The molecular formula is C8H14N6O4. The Bertz CT molecular complexity index is 426. The predicted octanol–water partition coefficient (Wildman–Crippen LogP) is -1.22. The predicted molar refractivity (Wildman–Crippen MR) is 64.2 cm³/mol. The number of aliphatic hydroxyl groups excluding tert-OH is 2. The van der Waals surface area contributed by atoms with Crippen LogP contribution in [0.3, 0.4) is 0 Å². The third-order valence-electron chi connectivity index (χ3n) is 1.89. The van der Waals surface area contributed by atoms with Gasteiger partial charge >= 0.3 is 5.69 Å². The third-order valence-corrected chi connectivity index (χ3v) is 1.89. The summed E-state index contributed by atoms with van der Waals surface area (Å²) in [6.07, 6.45) is 0. The van der Waals surface area contributed by atoms with E-state index < -0.39 is 10.6 Å². The minimum Gasteiger partial charge on any atom is -0.395 e. The summed E-state index contributed by atoms with van der Waals surface area (Å²) in [6, 6.07) is 0. The maximum atomic E-state index is 10.8. The lowest BCUT2D eigenvalue weighted by molar-refractivity contribution is -0.383. The molecule has 0 aliphatic carbocycles. The van der Waals surface area contributed by atoms with E-state index in [1.54, 1.807) is 0 Å². The molecule has 0 saturated heterocycles. The van der Waals surface area contributed by atoms with E-state index in [0.29, 0.717) is 0 Å². The van der Waals surface area contributed by atoms with Gasteiger partial charge in [-0.15, -0.1) is 0 Å². The first kappa shape index (κ1) is 13.9. The van der Waals surface area contributed by atoms with E-state index in [4.69, 9.17) is 15.9 Å². The topological polar surface area (TPSA) is 159 Å². The zero-order valence-corrected chi connectivity index (χ0v) is 9.46. The molecule has 1 aromatic heterocycles. The highest BCUT2D eigenvalue weighted by Gasteiger charge is 2.22. The normalized spacial score (nSPS) is 10.1. The summed E-state index contributed by atoms with van der Waals surface area (Å²) in [6.45, 7) is -0.0620. The van der Waals surface area contributed by atoms with Crippen LogP contribution in [0.1, 0.15) is 0 Å². The van der Waals surface area contributed by atoms with Crippen molar-refractivity contribution in [3.8, 4) is 0 Å². The SMILES string of the molecule is Nc1nc(NCCO)nc(NCCO)c1[N+](=O)[O-]. The number of nitro groups is 1. The average Bonchev–Trinajstić information content (AvgIpc) is 2.32. The fraction of sp³-hybridized carbons (Fsp3) is 0.500. The van der Waals surface area contributed by atoms with Crippen LogP contribution >= 0.6 is 0 Å². The van der Waals surface area contributed by atoms with Crippen LogP contribution in [-0.4, -0.2) is 51.4 Å². The molecule has 10 heteroatoms. The third kappa shape index (κ3) is 3.40. The Balaban J connectivity index is 3.06. The molecule has 18 heavy (non-hydrogen) atoms. The molecule has 0 radical (unpaired) electrons. The van der Waals surface area contributed by atoms with Crippen LogP contribution in [0.25, 0.3) is 0 Å². The van der Waals surface area contributed by atoms with Gasteiger partial charge in [0.25, 0.3) is 0 Å². The number of nitrogens with one attached hydrogen (secondary N) is 2. The van der Waals surface area contributed by atoms with Crippen LogP contribution in [0.5, 0.6) is 0 Å². The number of nitrogens with two attached hydrogens (primary N) is 1. The van der Waals surface area contributed by atoms with Gasteiger partial charge in [0.15, 0.2) is 0 Å². The maximum absolute atomic E-state index is 10.8. The summed E-state index contributed by atoms with van der Waals surface area (Å²) >= 11 is 0. The van der Waals surface area contributed by atoms with E-state index in [9.17, 15) is 10.1 Å². The molecule has 0 aliphatic rings. The summed E-state index contributed by atoms with van der Waals surface area (Å²) in [5.41, 5.74) is 5.02. The minimum absolute atomic E-state index is 0.0626. The van der Waals surface area contributed by atoms with E-state index >= 15 is 0 Å². The van der Waals surface area contributed by atoms with E-state index in [1.165, 1.54) is 0 Å². The van der Waals surface area contributed by atoms with Gasteiger partial charge in [-0.05, 0) is 0 Å². The van der Waals surface area contributed by atoms with Crippen LogP contribution in [0.4, 0.5) is 23.3 Å². The van der Waals surface area contributed by atoms with Gasteiger partial charge in [0.2, 0.25) is 17.6 Å². The summed E-state index contributed by atoms with van der Waals surface area (Å²) in [4.78, 5) is 17.7. The van der Waals surface area contributed by atoms with Crippen molar-refractivity contribution in [3.05, 3.63) is 10.1 Å². The molecular weight excluding hydrogens is 244 g/mol. The number of aliphatic hydroxyl groups is 2. The molecule has 0 amide bonds. The second-order valence-electron chi connectivity index (χ2n) is 3.19. The van der Waals surface area contributed by atoms with E-state index in [1.807, 2.05) is 0 Å². The highest BCUT2D eigenvalue weighted by molar-refractivity contribution is 5.69. The molecule has 1 heterocycles. The molecule has 10 nitrogen and oxygen atoms in total. The van der Waals surface area contributed by atoms with Gasteiger partial charge in [0, 0.05) is 13.1 Å². The quantitative estimate of drug-likeness (QED) is 0.298. The summed E-state index contributed by atoms with van der Waals surface area (Å²) < 4.78 is 0. The number of hydrogen-bond acceptors (Lipinski definition) is 9. The zero-order chi connectivity index (χ0) is 13.5. The van der Waals surface area contributed by atoms with Crippen molar-refractivity contribution in [1.82, 2.24) is 9.97 Å². The van der Waals surface area contributed by atoms with Crippen molar-refractivity contribution in [2.75, 3.05) is 42.7 Å². The Kier molecular flexibility index (Phi) is 5.02. The van der Waals surface area contributed by atoms with Crippen LogP contribution in [0.15, 0.2) is 0 Å². The van der Waals surface area contributed by atoms with Crippen molar-refractivity contribution in [3.63, 3.8) is 0 Å². The van der Waals surface area contributed by atoms with Gasteiger partial charge < -0.3 is 26.6 Å². The molecule has 0 aromatic carbocycles. The number of hydrogen-bond donors (Lipinski definition) is 5. The first-order valence-corrected chi connectivity index (χ1v) is 5.11. The van der Waals surface area contributed by atoms with Gasteiger partial charge in [0.1, 0.15) is 0 Å². The molecule has 1 aromatic rings. The Hall–Kier alpha value is -2.20. The fourth-order valence-electron chi connectivity index (χ4n) is 1.20. The fourth-order valence-corrected chi connectivity index (χ4v) is 1.20. The van der Waals surface area contributed by atoms with Gasteiger partial charge in [-0.1, -0.05) is 0 Å². The van der Waals surface area contributed by atoms with Crippen LogP contribution < -0.4 is 16.4 Å². The standard InChI is InChI=1S/C8H14N6O4/c9-6-5(14(17)18)7(10-1-3-15)13-8(12-6)11-2-4-16/h15-16H,1-4H2,(H4,9,10,11,12,13). The van der Waals surface area contributed by atoms with Crippen molar-refractivity contribution in [2.24, 2.45) is 0 Å². The molecule has 0 spiro atoms. The van der Waals surface area contributed by atoms with Gasteiger partial charge in [0.05, 0.1) is 18.1 Å². The Morgan fingerprint density at radius 1 is 1.22 bits per heavy atom. The molecule has 100 valence electrons. The second kappa shape index (κ2) is 6.51. The van der Waals surface area contributed by atoms with Crippen molar-refractivity contribution in [1.29, 1.82) is 0 Å². The molecule has 1 rings (SSSR count). The smallest absolute Gasteiger partial charge is 0.353 e. The Morgan fingerprint density at radius 3 is 2.39 bits per heavy atom. The molecule has 0 aliphatic heterocycles. The van der Waals surface area contributed by atoms with E-state index in [2.05, 4.69) is 20.6 Å². The lowest BCUT2D eigenvalue weighted by Crippen LogP contribution is -2.15. The van der Waals surface area contributed by atoms with Gasteiger partial charge in [-0.2, -0.15) is 9.97 Å². The zero-order valence-electron chi connectivity index (χ0n) is 9.46. The van der Waals surface area contributed by atoms with Crippen molar-refractivity contribution in [2.45, 2.75) is 0 Å². The summed E-state index contributed by atoms with van der Waals surface area (Å²) in [5.74, 6) is -0.314. The number of nitrogens with zero attached hydrogens (tertiary/aromatic N) is 3. The van der Waals surface area contributed by atoms with Crippen LogP contribution in [-0.2, 0) is 0 Å². The van der Waals surface area contributed by atoms with Gasteiger partial charge in [-0.25, -0.2) is 0 Å². The minimum atomic E-state index is -0.704. The first-order chi connectivity index (χ1) is 8.60. The monoisotopic (exact) mass is 258 g/mol. The van der Waals surface area contributed by atoms with Crippen LogP contribution in [0, 0.1) is 10.1 Å². The average molecular weight is 258 g/mol. The summed E-state index contributed by atoms with van der Waals surface area (Å²) in [7, 11) is 0. The highest BCUT2D eigenvalue weighted by atomic mass is 16.6. The number of rotatable bonds is 7. The van der Waals surface area contributed by atoms with Gasteiger partial charge in [-0.3, -0.25) is 10.1 Å². The maximum Gasteiger partial charge on any atom is 0.353 e. The van der Waals surface area contributed by atoms with E-state index in [0.717, 1.165) is 0 Å². The number of nitrogen functional groups attached to an aromatic ring is 1. The summed E-state index contributed by atoms with van der Waals surface area (Å²) in [5, 5.41) is 33.4. The van der Waals surface area contributed by atoms with Crippen LogP contribution in [0.2, 0.25) is 0 Å². The van der Waals surface area contributed by atoms with E-state index in [-0.39, 0.29) is 43.9 Å². The molecule has 0 saturated carbocycles. The van der Waals surface area contributed by atoms with Crippen molar-refractivity contribution >= 4 is 23.3 Å². The Morgan fingerprint density at radius 2 is 1.83 bits per heavy atom. The number of aromatic nitrogens is 2. The molecule has 0 fully saturated rings. The molecule has 0 atom stereocenters. The Labute approximate surface area is 102 Å². The molecule has 6 N–H and O–H groups in total. The highest BCUT2D eigenvalue weighted by Crippen LogP contribution is 2.28. The lowest BCUT2D eigenvalue weighted by atomic mass is 10.4. The second-order valence-corrected chi connectivity index (χ2v) is 3.19. The molecule has 0 unspecified atom stereocenters. The number of anilines is 3. The molecule has 0 bridgehead atoms. The largest absolute Gasteiger partial charge is 0.395 e.